The van der Waals surface area contributed by atoms with Crippen molar-refractivity contribution in [3.63, 3.8) is 0 Å². The van der Waals surface area contributed by atoms with E-state index in [1.807, 2.05) is 26.8 Å². The van der Waals surface area contributed by atoms with Crippen molar-refractivity contribution in [3.05, 3.63) is 88.4 Å². The van der Waals surface area contributed by atoms with Gasteiger partial charge in [-0.3, -0.25) is 13.9 Å². The van der Waals surface area contributed by atoms with Crippen molar-refractivity contribution in [2.24, 2.45) is 0 Å². The molecule has 220 valence electrons. The van der Waals surface area contributed by atoms with Crippen molar-refractivity contribution in [2.45, 2.75) is 57.1 Å². The maximum atomic E-state index is 14.1. The molecule has 0 saturated carbocycles. The average Bonchev–Trinajstić information content (AvgIpc) is 2.95. The molecule has 0 radical (unpaired) electrons. The monoisotopic (exact) mass is 619 g/mol. The van der Waals surface area contributed by atoms with Crippen LogP contribution in [0.4, 0.5) is 5.69 Å². The fourth-order valence-electron chi connectivity index (χ4n) is 4.26. The van der Waals surface area contributed by atoms with E-state index in [9.17, 15) is 18.0 Å². The van der Waals surface area contributed by atoms with Gasteiger partial charge >= 0.3 is 0 Å². The minimum atomic E-state index is -4.23. The van der Waals surface area contributed by atoms with E-state index in [-0.39, 0.29) is 39.1 Å². The normalized spacial score (nSPS) is 12.7. The number of hydrogen-bond donors (Lipinski definition) is 1. The quantitative estimate of drug-likeness (QED) is 0.256. The smallest absolute Gasteiger partial charge is 0.264 e. The van der Waals surface area contributed by atoms with Gasteiger partial charge in [0.15, 0.2) is 0 Å². The number of benzene rings is 3. The van der Waals surface area contributed by atoms with Crippen LogP contribution in [-0.4, -0.2) is 50.9 Å². The first-order chi connectivity index (χ1) is 19.5. The summed E-state index contributed by atoms with van der Waals surface area (Å²) in [6, 6.07) is 18.3. The summed E-state index contributed by atoms with van der Waals surface area (Å²) in [4.78, 5) is 28.9. The first-order valence-electron chi connectivity index (χ1n) is 13.3. The summed E-state index contributed by atoms with van der Waals surface area (Å²) in [5.41, 5.74) is 0.842. The van der Waals surface area contributed by atoms with Gasteiger partial charge in [-0.2, -0.15) is 0 Å². The van der Waals surface area contributed by atoms with E-state index >= 15 is 0 Å². The summed E-state index contributed by atoms with van der Waals surface area (Å²) in [5, 5.41) is 3.37. The molecule has 0 aliphatic carbocycles. The van der Waals surface area contributed by atoms with E-state index in [4.69, 9.17) is 27.9 Å². The van der Waals surface area contributed by atoms with Crippen LogP contribution in [0.1, 0.15) is 39.2 Å². The van der Waals surface area contributed by atoms with Gasteiger partial charge in [0, 0.05) is 22.6 Å². The molecule has 0 saturated heterocycles. The molecule has 3 rings (SSSR count). The van der Waals surface area contributed by atoms with Crippen LogP contribution in [-0.2, 0) is 26.2 Å². The van der Waals surface area contributed by atoms with Crippen molar-refractivity contribution >= 4 is 50.7 Å². The number of carbonyl (C=O) groups is 2. The third-order valence-corrected chi connectivity index (χ3v) is 8.84. The summed E-state index contributed by atoms with van der Waals surface area (Å²) in [6.45, 7) is 5.11. The fourth-order valence-corrected chi connectivity index (χ4v) is 6.19. The van der Waals surface area contributed by atoms with E-state index < -0.39 is 28.5 Å². The van der Waals surface area contributed by atoms with Crippen LogP contribution < -0.4 is 14.4 Å². The second kappa shape index (κ2) is 14.6. The van der Waals surface area contributed by atoms with Crippen LogP contribution >= 0.6 is 23.2 Å². The lowest BCUT2D eigenvalue weighted by molar-refractivity contribution is -0.140. The zero-order valence-corrected chi connectivity index (χ0v) is 25.8. The number of rotatable bonds is 13. The number of anilines is 1. The maximum absolute atomic E-state index is 14.1. The van der Waals surface area contributed by atoms with E-state index in [0.717, 1.165) is 9.87 Å². The highest BCUT2D eigenvalue weighted by Gasteiger charge is 2.34. The molecule has 8 nitrogen and oxygen atoms in total. The van der Waals surface area contributed by atoms with Gasteiger partial charge in [0.1, 0.15) is 18.3 Å². The standard InChI is InChI=1S/C30H35Cl2N3O5S/c1-5-21(3)33-30(37)28(6-2)34(19-22-11-10-12-26(15-22)40-4)29(36)20-35(25-17-23(31)16-24(32)18-25)41(38,39)27-13-8-7-9-14-27/h7-18,21,28H,5-6,19-20H2,1-4H3,(H,33,37)/t21-,28-/m1/s1. The molecule has 0 fully saturated rings. The Bertz CT molecular complexity index is 1430. The molecule has 0 heterocycles. The Kier molecular flexibility index (Phi) is 11.5. The maximum Gasteiger partial charge on any atom is 0.264 e. The predicted molar refractivity (Wildman–Crippen MR) is 163 cm³/mol. The predicted octanol–water partition coefficient (Wildman–Crippen LogP) is 5.92. The highest BCUT2D eigenvalue weighted by molar-refractivity contribution is 7.92. The molecule has 11 heteroatoms. The largest absolute Gasteiger partial charge is 0.497 e. The second-order valence-electron chi connectivity index (χ2n) is 9.57. The van der Waals surface area contributed by atoms with Gasteiger partial charge < -0.3 is 15.0 Å². The lowest BCUT2D eigenvalue weighted by Crippen LogP contribution is -2.53. The summed E-state index contributed by atoms with van der Waals surface area (Å²) in [7, 11) is -2.69. The van der Waals surface area contributed by atoms with Gasteiger partial charge in [0.2, 0.25) is 11.8 Å². The Labute approximate surface area is 252 Å². The Morgan fingerprint density at radius 1 is 0.927 bits per heavy atom. The molecule has 0 spiro atoms. The number of hydrogen-bond acceptors (Lipinski definition) is 5. The number of ether oxygens (including phenoxy) is 1. The second-order valence-corrected chi connectivity index (χ2v) is 12.3. The topological polar surface area (TPSA) is 96.0 Å². The number of methoxy groups -OCH3 is 1. The minimum absolute atomic E-state index is 0.00945. The van der Waals surface area contributed by atoms with Gasteiger partial charge in [0.25, 0.3) is 10.0 Å². The number of amides is 2. The van der Waals surface area contributed by atoms with Crippen molar-refractivity contribution in [3.8, 4) is 5.75 Å². The molecule has 3 aromatic rings. The number of carbonyl (C=O) groups excluding carboxylic acids is 2. The summed E-state index contributed by atoms with van der Waals surface area (Å²) < 4.78 is 34.1. The van der Waals surface area contributed by atoms with Gasteiger partial charge in [-0.15, -0.1) is 0 Å². The van der Waals surface area contributed by atoms with Crippen molar-refractivity contribution in [2.75, 3.05) is 18.0 Å². The molecular weight excluding hydrogens is 585 g/mol. The molecular formula is C30H35Cl2N3O5S. The molecule has 0 aromatic heterocycles. The summed E-state index contributed by atoms with van der Waals surface area (Å²) in [5.74, 6) is -0.301. The first-order valence-corrected chi connectivity index (χ1v) is 15.5. The number of halogens is 2. The zero-order chi connectivity index (χ0) is 30.2. The first kappa shape index (κ1) is 32.2. The highest BCUT2D eigenvalue weighted by atomic mass is 35.5. The Morgan fingerprint density at radius 2 is 1.59 bits per heavy atom. The fraction of sp³-hybridized carbons (Fsp3) is 0.333. The van der Waals surface area contributed by atoms with Crippen LogP contribution in [0.5, 0.6) is 5.75 Å². The van der Waals surface area contributed by atoms with Gasteiger partial charge in [-0.05, 0) is 67.8 Å². The van der Waals surface area contributed by atoms with Crippen LogP contribution in [0.25, 0.3) is 0 Å². The average molecular weight is 621 g/mol. The molecule has 1 N–H and O–H groups in total. The van der Waals surface area contributed by atoms with Gasteiger partial charge in [0.05, 0.1) is 17.7 Å². The zero-order valence-electron chi connectivity index (χ0n) is 23.5. The number of nitrogens with one attached hydrogen (secondary N) is 1. The molecule has 0 aliphatic heterocycles. The molecule has 0 aliphatic rings. The Morgan fingerprint density at radius 3 is 2.17 bits per heavy atom. The van der Waals surface area contributed by atoms with Crippen molar-refractivity contribution < 1.29 is 22.7 Å². The molecule has 41 heavy (non-hydrogen) atoms. The van der Waals surface area contributed by atoms with Crippen LogP contribution in [0.2, 0.25) is 10.0 Å². The van der Waals surface area contributed by atoms with E-state index in [1.54, 1.807) is 43.5 Å². The van der Waals surface area contributed by atoms with Gasteiger partial charge in [-0.1, -0.05) is 67.4 Å². The Hall–Kier alpha value is -3.27. The summed E-state index contributed by atoms with van der Waals surface area (Å²) >= 11 is 12.5. The molecule has 0 unspecified atom stereocenters. The minimum Gasteiger partial charge on any atom is -0.497 e. The molecule has 2 amide bonds. The highest BCUT2D eigenvalue weighted by Crippen LogP contribution is 2.30. The number of sulfonamides is 1. The molecule has 0 bridgehead atoms. The summed E-state index contributed by atoms with van der Waals surface area (Å²) in [6.07, 6.45) is 1.02. The Balaban J connectivity index is 2.09. The van der Waals surface area contributed by atoms with Gasteiger partial charge in [-0.25, -0.2) is 8.42 Å². The SMILES string of the molecule is CC[C@@H](C)NC(=O)[C@@H](CC)N(Cc1cccc(OC)c1)C(=O)CN(c1cc(Cl)cc(Cl)c1)S(=O)(=O)c1ccccc1. The van der Waals surface area contributed by atoms with E-state index in [0.29, 0.717) is 18.6 Å². The number of nitrogens with zero attached hydrogens (tertiary/aromatic N) is 2. The van der Waals surface area contributed by atoms with E-state index in [2.05, 4.69) is 5.32 Å². The van der Waals surface area contributed by atoms with Crippen molar-refractivity contribution in [1.82, 2.24) is 10.2 Å². The van der Waals surface area contributed by atoms with Crippen molar-refractivity contribution in [1.29, 1.82) is 0 Å². The third-order valence-electron chi connectivity index (χ3n) is 6.62. The lowest BCUT2D eigenvalue weighted by Gasteiger charge is -2.34. The molecule has 3 aromatic carbocycles. The lowest BCUT2D eigenvalue weighted by atomic mass is 10.1. The van der Waals surface area contributed by atoms with Crippen LogP contribution in [0.15, 0.2) is 77.7 Å². The molecule has 2 atom stereocenters. The van der Waals surface area contributed by atoms with E-state index in [1.165, 1.54) is 35.2 Å². The van der Waals surface area contributed by atoms with Crippen LogP contribution in [0, 0.1) is 0 Å². The third kappa shape index (κ3) is 8.38. The van der Waals surface area contributed by atoms with Crippen LogP contribution in [0.3, 0.4) is 0 Å².